The molecule has 3 rings (SSSR count). The van der Waals surface area contributed by atoms with Crippen LogP contribution in [-0.2, 0) is 6.61 Å². The second kappa shape index (κ2) is 7.92. The molecule has 3 aromatic rings. The summed E-state index contributed by atoms with van der Waals surface area (Å²) in [6.07, 6.45) is 3.17. The second-order valence-electron chi connectivity index (χ2n) is 5.01. The van der Waals surface area contributed by atoms with E-state index in [0.717, 1.165) is 5.56 Å². The average molecular weight is 375 g/mol. The predicted octanol–water partition coefficient (Wildman–Crippen LogP) is 3.98. The number of hydrogen-bond donors (Lipinski definition) is 1. The highest BCUT2D eigenvalue weighted by Crippen LogP contribution is 2.23. The van der Waals surface area contributed by atoms with Gasteiger partial charge in [0.05, 0.1) is 10.0 Å². The third-order valence-electron chi connectivity index (χ3n) is 3.27. The molecule has 0 amide bonds. The Morgan fingerprint density at radius 1 is 1.12 bits per heavy atom. The number of halogens is 2. The molecule has 25 heavy (non-hydrogen) atoms. The molecule has 0 radical (unpaired) electrons. The van der Waals surface area contributed by atoms with Gasteiger partial charge in [0, 0.05) is 5.56 Å². The third-order valence-corrected chi connectivity index (χ3v) is 4.01. The van der Waals surface area contributed by atoms with Crippen LogP contribution in [0.5, 0.6) is 5.75 Å². The van der Waals surface area contributed by atoms with Gasteiger partial charge in [-0.05, 0) is 48.0 Å². The molecule has 0 aliphatic carbocycles. The molecule has 1 N–H and O–H groups in total. The molecule has 2 aromatic carbocycles. The highest BCUT2D eigenvalue weighted by molar-refractivity contribution is 6.42. The molecule has 0 saturated heterocycles. The third kappa shape index (κ3) is 4.65. The number of ketones is 1. The number of carbonyl (C=O) groups is 1. The maximum absolute atomic E-state index is 12.2. The van der Waals surface area contributed by atoms with Gasteiger partial charge in [-0.3, -0.25) is 4.79 Å². The standard InChI is InChI=1S/C17H12Cl2N4O2/c18-14-7-1-11(9-15(14)19)2-8-16(24)12-3-5-13(6-4-12)25-10-17-20-22-23-21-17/h1-9H,10H2,(H,20,21,22,23). The Morgan fingerprint density at radius 3 is 2.60 bits per heavy atom. The SMILES string of the molecule is O=C(C=Cc1ccc(Cl)c(Cl)c1)c1ccc(OCc2nn[nH]n2)cc1. The Kier molecular flexibility index (Phi) is 5.42. The topological polar surface area (TPSA) is 80.8 Å². The summed E-state index contributed by atoms with van der Waals surface area (Å²) in [5, 5.41) is 14.3. The van der Waals surface area contributed by atoms with Crippen LogP contribution >= 0.6 is 23.2 Å². The van der Waals surface area contributed by atoms with Gasteiger partial charge in [0.15, 0.2) is 12.4 Å². The molecule has 6 nitrogen and oxygen atoms in total. The van der Waals surface area contributed by atoms with E-state index in [-0.39, 0.29) is 12.4 Å². The maximum Gasteiger partial charge on any atom is 0.211 e. The minimum absolute atomic E-state index is 0.129. The van der Waals surface area contributed by atoms with Crippen molar-refractivity contribution < 1.29 is 9.53 Å². The van der Waals surface area contributed by atoms with Crippen LogP contribution in [0.1, 0.15) is 21.7 Å². The van der Waals surface area contributed by atoms with E-state index in [9.17, 15) is 4.79 Å². The highest BCUT2D eigenvalue weighted by atomic mass is 35.5. The van der Waals surface area contributed by atoms with Crippen molar-refractivity contribution in [1.29, 1.82) is 0 Å². The number of allylic oxidation sites excluding steroid dienone is 1. The Balaban J connectivity index is 1.61. The summed E-state index contributed by atoms with van der Waals surface area (Å²) in [6, 6.07) is 12.0. The molecule has 0 spiro atoms. The molecular formula is C17H12Cl2N4O2. The number of nitrogens with zero attached hydrogens (tertiary/aromatic N) is 3. The Labute approximate surface area is 153 Å². The van der Waals surface area contributed by atoms with Crippen molar-refractivity contribution in [2.24, 2.45) is 0 Å². The largest absolute Gasteiger partial charge is 0.485 e. The van der Waals surface area contributed by atoms with Gasteiger partial charge < -0.3 is 4.74 Å². The van der Waals surface area contributed by atoms with Crippen LogP contribution in [-0.4, -0.2) is 26.4 Å². The van der Waals surface area contributed by atoms with Gasteiger partial charge in [-0.25, -0.2) is 0 Å². The van der Waals surface area contributed by atoms with Crippen molar-refractivity contribution in [3.05, 3.63) is 75.5 Å². The lowest BCUT2D eigenvalue weighted by atomic mass is 10.1. The van der Waals surface area contributed by atoms with E-state index < -0.39 is 0 Å². The van der Waals surface area contributed by atoms with Gasteiger partial charge in [0.2, 0.25) is 5.82 Å². The summed E-state index contributed by atoms with van der Waals surface area (Å²) in [7, 11) is 0. The lowest BCUT2D eigenvalue weighted by molar-refractivity contribution is 0.104. The van der Waals surface area contributed by atoms with E-state index in [2.05, 4.69) is 20.6 Å². The summed E-state index contributed by atoms with van der Waals surface area (Å²) in [4.78, 5) is 12.2. The molecule has 0 bridgehead atoms. The smallest absolute Gasteiger partial charge is 0.211 e. The number of H-pyrrole nitrogens is 1. The average Bonchev–Trinajstić information content (AvgIpc) is 3.15. The molecule has 0 aliphatic rings. The quantitative estimate of drug-likeness (QED) is 0.521. The Morgan fingerprint density at radius 2 is 1.92 bits per heavy atom. The fourth-order valence-corrected chi connectivity index (χ4v) is 2.30. The summed E-state index contributed by atoms with van der Waals surface area (Å²) >= 11 is 11.8. The van der Waals surface area contributed by atoms with E-state index in [0.29, 0.717) is 27.2 Å². The highest BCUT2D eigenvalue weighted by Gasteiger charge is 2.04. The number of benzene rings is 2. The van der Waals surface area contributed by atoms with Crippen LogP contribution < -0.4 is 4.74 Å². The molecule has 0 saturated carbocycles. The maximum atomic E-state index is 12.2. The molecular weight excluding hydrogens is 363 g/mol. The van der Waals surface area contributed by atoms with Gasteiger partial charge in [0.1, 0.15) is 5.75 Å². The lowest BCUT2D eigenvalue weighted by Gasteiger charge is -2.03. The summed E-state index contributed by atoms with van der Waals surface area (Å²) in [5.41, 5.74) is 1.34. The van der Waals surface area contributed by atoms with Gasteiger partial charge in [0.25, 0.3) is 0 Å². The number of aromatic amines is 1. The summed E-state index contributed by atoms with van der Waals surface area (Å²) < 4.78 is 5.50. The molecule has 0 fully saturated rings. The van der Waals surface area contributed by atoms with Crippen LogP contribution in [0.3, 0.4) is 0 Å². The van der Waals surface area contributed by atoms with Crippen LogP contribution in [0, 0.1) is 0 Å². The van der Waals surface area contributed by atoms with Crippen molar-refractivity contribution >= 4 is 35.1 Å². The second-order valence-corrected chi connectivity index (χ2v) is 5.83. The first-order valence-corrected chi connectivity index (χ1v) is 8.00. The zero-order valence-electron chi connectivity index (χ0n) is 12.8. The zero-order chi connectivity index (χ0) is 17.6. The number of tetrazole rings is 1. The molecule has 0 atom stereocenters. The van der Waals surface area contributed by atoms with Crippen LogP contribution in [0.4, 0.5) is 0 Å². The zero-order valence-corrected chi connectivity index (χ0v) is 14.3. The monoisotopic (exact) mass is 374 g/mol. The molecule has 0 unspecified atom stereocenters. The van der Waals surface area contributed by atoms with Crippen LogP contribution in [0.25, 0.3) is 6.08 Å². The van der Waals surface area contributed by atoms with Gasteiger partial charge in [-0.2, -0.15) is 5.21 Å². The summed E-state index contributed by atoms with van der Waals surface area (Å²) in [6.45, 7) is 0.195. The van der Waals surface area contributed by atoms with Gasteiger partial charge in [-0.1, -0.05) is 40.6 Å². The predicted molar refractivity (Wildman–Crippen MR) is 94.8 cm³/mol. The first kappa shape index (κ1) is 17.1. The van der Waals surface area contributed by atoms with E-state index >= 15 is 0 Å². The van der Waals surface area contributed by atoms with Crippen LogP contribution in [0.2, 0.25) is 10.0 Å². The van der Waals surface area contributed by atoms with Crippen molar-refractivity contribution in [3.63, 3.8) is 0 Å². The number of rotatable bonds is 6. The van der Waals surface area contributed by atoms with Crippen molar-refractivity contribution in [1.82, 2.24) is 20.6 Å². The van der Waals surface area contributed by atoms with Crippen molar-refractivity contribution in [3.8, 4) is 5.75 Å². The lowest BCUT2D eigenvalue weighted by Crippen LogP contribution is -1.99. The minimum atomic E-state index is -0.129. The minimum Gasteiger partial charge on any atom is -0.485 e. The fraction of sp³-hybridized carbons (Fsp3) is 0.0588. The first-order valence-electron chi connectivity index (χ1n) is 7.24. The van der Waals surface area contributed by atoms with E-state index in [1.165, 1.54) is 6.08 Å². The number of hydrogen-bond acceptors (Lipinski definition) is 5. The van der Waals surface area contributed by atoms with Crippen LogP contribution in [0.15, 0.2) is 48.5 Å². The Bertz CT molecular complexity index is 894. The number of nitrogens with one attached hydrogen (secondary N) is 1. The molecule has 1 aromatic heterocycles. The molecule has 8 heteroatoms. The number of ether oxygens (including phenoxy) is 1. The summed E-state index contributed by atoms with van der Waals surface area (Å²) in [5.74, 6) is 0.926. The number of carbonyl (C=O) groups excluding carboxylic acids is 1. The fourth-order valence-electron chi connectivity index (χ4n) is 1.99. The molecule has 1 heterocycles. The van der Waals surface area contributed by atoms with E-state index in [1.54, 1.807) is 48.5 Å². The van der Waals surface area contributed by atoms with Crippen molar-refractivity contribution in [2.45, 2.75) is 6.61 Å². The first-order chi connectivity index (χ1) is 12.1. The Hall–Kier alpha value is -2.70. The van der Waals surface area contributed by atoms with E-state index in [4.69, 9.17) is 27.9 Å². The normalized spacial score (nSPS) is 11.0. The number of aromatic nitrogens is 4. The van der Waals surface area contributed by atoms with Crippen molar-refractivity contribution in [2.75, 3.05) is 0 Å². The van der Waals surface area contributed by atoms with Gasteiger partial charge >= 0.3 is 0 Å². The van der Waals surface area contributed by atoms with E-state index in [1.807, 2.05) is 0 Å². The molecule has 0 aliphatic heterocycles. The van der Waals surface area contributed by atoms with Gasteiger partial charge in [-0.15, -0.1) is 10.2 Å². The molecule has 126 valence electrons.